The molecule has 1 saturated heterocycles. The summed E-state index contributed by atoms with van der Waals surface area (Å²) in [7, 11) is -1.94. The van der Waals surface area contributed by atoms with Crippen molar-refractivity contribution in [2.24, 2.45) is 0 Å². The summed E-state index contributed by atoms with van der Waals surface area (Å²) in [4.78, 5) is 16.9. The fourth-order valence-corrected chi connectivity index (χ4v) is 5.50. The molecule has 1 aromatic carbocycles. The van der Waals surface area contributed by atoms with Gasteiger partial charge in [-0.25, -0.2) is 8.42 Å². The second kappa shape index (κ2) is 9.21. The number of carbonyl (C=O) groups is 1. The third-order valence-corrected chi connectivity index (χ3v) is 7.39. The van der Waals surface area contributed by atoms with Gasteiger partial charge in [0.05, 0.1) is 6.54 Å². The summed E-state index contributed by atoms with van der Waals surface area (Å²) >= 11 is 7.65. The number of aromatic amines is 1. The van der Waals surface area contributed by atoms with E-state index in [0.717, 1.165) is 11.5 Å². The molecule has 0 unspecified atom stereocenters. The molecule has 2 heterocycles. The Morgan fingerprint density at radius 2 is 2.07 bits per heavy atom. The van der Waals surface area contributed by atoms with Gasteiger partial charge in [-0.15, -0.1) is 0 Å². The molecule has 0 saturated carbocycles. The maximum atomic E-state index is 12.7. The number of halogens is 1. The lowest BCUT2D eigenvalue weighted by Crippen LogP contribution is -2.37. The minimum Gasteiger partial charge on any atom is -0.492 e. The molecule has 7 nitrogen and oxygen atoms in total. The van der Waals surface area contributed by atoms with Gasteiger partial charge >= 0.3 is 0 Å². The van der Waals surface area contributed by atoms with Crippen molar-refractivity contribution in [3.8, 4) is 5.75 Å². The van der Waals surface area contributed by atoms with Crippen molar-refractivity contribution in [3.63, 3.8) is 0 Å². The first kappa shape index (κ1) is 21.0. The molecule has 10 heteroatoms. The first-order chi connectivity index (χ1) is 13.4. The Labute approximate surface area is 174 Å². The molecule has 1 N–H and O–H groups in total. The van der Waals surface area contributed by atoms with Crippen LogP contribution in [0.25, 0.3) is 0 Å². The van der Waals surface area contributed by atoms with Crippen LogP contribution in [0.3, 0.4) is 0 Å². The summed E-state index contributed by atoms with van der Waals surface area (Å²) in [6.07, 6.45) is 1.38. The van der Waals surface area contributed by atoms with Crippen LogP contribution in [0.15, 0.2) is 41.4 Å². The fourth-order valence-electron chi connectivity index (χ4n) is 2.75. The summed E-state index contributed by atoms with van der Waals surface area (Å²) in [5.74, 6) is 1.89. The number of amides is 1. The minimum atomic E-state index is -3.58. The Morgan fingerprint density at radius 1 is 1.32 bits per heavy atom. The topological polar surface area (TPSA) is 82.7 Å². The summed E-state index contributed by atoms with van der Waals surface area (Å²) in [6.45, 7) is 1.61. The molecule has 1 aliphatic rings. The largest absolute Gasteiger partial charge is 0.492 e. The minimum absolute atomic E-state index is 0.117. The summed E-state index contributed by atoms with van der Waals surface area (Å²) in [5.41, 5.74) is 0.232. The van der Waals surface area contributed by atoms with Crippen LogP contribution in [0.2, 0.25) is 5.02 Å². The highest BCUT2D eigenvalue weighted by Crippen LogP contribution is 2.21. The lowest BCUT2D eigenvalue weighted by molar-refractivity contribution is 0.0768. The number of aromatic nitrogens is 1. The molecular weight excluding hydrogens is 422 g/mol. The van der Waals surface area contributed by atoms with Crippen molar-refractivity contribution >= 4 is 39.3 Å². The normalized spacial score (nSPS) is 15.4. The first-order valence-corrected chi connectivity index (χ1v) is 11.8. The molecule has 28 heavy (non-hydrogen) atoms. The molecule has 0 aliphatic carbocycles. The summed E-state index contributed by atoms with van der Waals surface area (Å²) in [6, 6.07) is 8.42. The van der Waals surface area contributed by atoms with Crippen LogP contribution < -0.4 is 4.74 Å². The van der Waals surface area contributed by atoms with E-state index in [0.29, 0.717) is 37.0 Å². The van der Waals surface area contributed by atoms with E-state index < -0.39 is 10.0 Å². The van der Waals surface area contributed by atoms with E-state index in [1.165, 1.54) is 21.5 Å². The number of rotatable bonds is 7. The molecule has 0 bridgehead atoms. The lowest BCUT2D eigenvalue weighted by atomic mass is 10.3. The molecule has 0 radical (unpaired) electrons. The fraction of sp³-hybridized carbons (Fsp3) is 0.389. The Morgan fingerprint density at radius 3 is 2.79 bits per heavy atom. The van der Waals surface area contributed by atoms with Crippen LogP contribution in [-0.2, 0) is 10.0 Å². The zero-order chi connectivity index (χ0) is 20.1. The molecule has 0 spiro atoms. The number of hydrogen-bond donors (Lipinski definition) is 1. The highest BCUT2D eigenvalue weighted by atomic mass is 35.5. The number of hydrogen-bond acceptors (Lipinski definition) is 5. The molecule has 1 aliphatic heterocycles. The zero-order valence-corrected chi connectivity index (χ0v) is 17.8. The number of likely N-dealkylation sites (N-methyl/N-ethyl adjacent to an activating group) is 1. The first-order valence-electron chi connectivity index (χ1n) is 8.78. The van der Waals surface area contributed by atoms with Gasteiger partial charge in [0.25, 0.3) is 5.91 Å². The smallest absolute Gasteiger partial charge is 0.270 e. The number of carbonyl (C=O) groups excluding carboxylic acids is 1. The summed E-state index contributed by atoms with van der Waals surface area (Å²) in [5, 5.41) is 0.578. The van der Waals surface area contributed by atoms with Gasteiger partial charge in [0.15, 0.2) is 0 Å². The van der Waals surface area contributed by atoms with Gasteiger partial charge in [0, 0.05) is 42.9 Å². The van der Waals surface area contributed by atoms with Crippen molar-refractivity contribution in [1.82, 2.24) is 14.2 Å². The number of sulfonamides is 1. The second-order valence-corrected chi connectivity index (χ2v) is 9.90. The van der Waals surface area contributed by atoms with Crippen molar-refractivity contribution in [2.75, 3.05) is 44.8 Å². The number of thioether (sulfide) groups is 1. The highest BCUT2D eigenvalue weighted by Gasteiger charge is 2.28. The average Bonchev–Trinajstić information content (AvgIpc) is 3.19. The van der Waals surface area contributed by atoms with Crippen LogP contribution in [0, 0.1) is 0 Å². The summed E-state index contributed by atoms with van der Waals surface area (Å²) < 4.78 is 32.4. The molecule has 3 rings (SSSR count). The monoisotopic (exact) mass is 443 g/mol. The van der Waals surface area contributed by atoms with Gasteiger partial charge < -0.3 is 14.6 Å². The molecule has 152 valence electrons. The van der Waals surface area contributed by atoms with Gasteiger partial charge in [-0.3, -0.25) is 4.79 Å². The predicted molar refractivity (Wildman–Crippen MR) is 111 cm³/mol. The lowest BCUT2D eigenvalue weighted by Gasteiger charge is -2.24. The van der Waals surface area contributed by atoms with E-state index in [4.69, 9.17) is 16.3 Å². The van der Waals surface area contributed by atoms with E-state index >= 15 is 0 Å². The SMILES string of the molecule is CN(CCOc1cccc(Cl)c1)C(=O)c1cc(S(=O)(=O)N2CCSCC2)c[nH]1. The number of nitrogens with one attached hydrogen (secondary N) is 1. The van der Waals surface area contributed by atoms with Gasteiger partial charge in [0.2, 0.25) is 10.0 Å². The highest BCUT2D eigenvalue weighted by molar-refractivity contribution is 7.99. The molecular formula is C18H22ClN3O4S2. The van der Waals surface area contributed by atoms with Gasteiger partial charge in [-0.1, -0.05) is 17.7 Å². The number of ether oxygens (including phenoxy) is 1. The van der Waals surface area contributed by atoms with E-state index in [1.807, 2.05) is 0 Å². The predicted octanol–water partition coefficient (Wildman–Crippen LogP) is 2.56. The molecule has 1 aromatic heterocycles. The van der Waals surface area contributed by atoms with Gasteiger partial charge in [-0.2, -0.15) is 16.1 Å². The zero-order valence-electron chi connectivity index (χ0n) is 15.4. The number of H-pyrrole nitrogens is 1. The van der Waals surface area contributed by atoms with E-state index in [-0.39, 0.29) is 16.5 Å². The maximum Gasteiger partial charge on any atom is 0.270 e. The van der Waals surface area contributed by atoms with Gasteiger partial charge in [-0.05, 0) is 24.3 Å². The molecule has 1 fully saturated rings. The Kier molecular flexibility index (Phi) is 6.92. The third-order valence-electron chi connectivity index (χ3n) is 4.33. The Bertz CT molecular complexity index is 926. The second-order valence-electron chi connectivity index (χ2n) is 6.30. The molecule has 2 aromatic rings. The molecule has 1 amide bonds. The van der Waals surface area contributed by atoms with E-state index in [1.54, 1.807) is 43.1 Å². The van der Waals surface area contributed by atoms with Crippen LogP contribution in [0.5, 0.6) is 5.75 Å². The van der Waals surface area contributed by atoms with Crippen LogP contribution in [-0.4, -0.2) is 73.3 Å². The number of benzene rings is 1. The number of nitrogens with zero attached hydrogens (tertiary/aromatic N) is 2. The average molecular weight is 444 g/mol. The Hall–Kier alpha value is -1.68. The standard InChI is InChI=1S/C18H22ClN3O4S2/c1-21(5-8-26-15-4-2-3-14(19)11-15)18(23)17-12-16(13-20-17)28(24,25)22-6-9-27-10-7-22/h2-4,11-13,20H,5-10H2,1H3. The van der Waals surface area contributed by atoms with Crippen LogP contribution in [0.4, 0.5) is 0 Å². The van der Waals surface area contributed by atoms with Crippen molar-refractivity contribution in [3.05, 3.63) is 47.2 Å². The maximum absolute atomic E-state index is 12.7. The van der Waals surface area contributed by atoms with Crippen molar-refractivity contribution < 1.29 is 17.9 Å². The van der Waals surface area contributed by atoms with Crippen LogP contribution >= 0.6 is 23.4 Å². The molecule has 0 atom stereocenters. The van der Waals surface area contributed by atoms with E-state index in [2.05, 4.69) is 4.98 Å². The van der Waals surface area contributed by atoms with E-state index in [9.17, 15) is 13.2 Å². The quantitative estimate of drug-likeness (QED) is 0.711. The third kappa shape index (κ3) is 5.02. The van der Waals surface area contributed by atoms with Gasteiger partial charge in [0.1, 0.15) is 22.9 Å². The van der Waals surface area contributed by atoms with Crippen molar-refractivity contribution in [2.45, 2.75) is 4.90 Å². The van der Waals surface area contributed by atoms with Crippen molar-refractivity contribution in [1.29, 1.82) is 0 Å². The van der Waals surface area contributed by atoms with Crippen LogP contribution in [0.1, 0.15) is 10.5 Å². The Balaban J connectivity index is 1.58.